The number of halogens is 1. The van der Waals surface area contributed by atoms with Gasteiger partial charge in [0, 0.05) is 30.8 Å². The maximum atomic E-state index is 13.1. The molecule has 152 valence electrons. The van der Waals surface area contributed by atoms with Gasteiger partial charge in [0.15, 0.2) is 5.69 Å². The fourth-order valence-electron chi connectivity index (χ4n) is 3.54. The SMILES string of the molecule is CCOc1ccc(C(NC(=O)c2n[nH]c3c2CNCC3)c2ccccc2)cc1.Cl. The maximum Gasteiger partial charge on any atom is 0.272 e. The Balaban J connectivity index is 0.00000240. The van der Waals surface area contributed by atoms with Crippen molar-refractivity contribution < 1.29 is 9.53 Å². The van der Waals surface area contributed by atoms with E-state index < -0.39 is 0 Å². The van der Waals surface area contributed by atoms with E-state index in [1.807, 2.05) is 61.5 Å². The number of H-pyrrole nitrogens is 1. The molecule has 1 aliphatic heterocycles. The van der Waals surface area contributed by atoms with Crippen molar-refractivity contribution in [3.8, 4) is 5.75 Å². The van der Waals surface area contributed by atoms with Gasteiger partial charge in [0.25, 0.3) is 5.91 Å². The Morgan fingerprint density at radius 1 is 1.14 bits per heavy atom. The van der Waals surface area contributed by atoms with Gasteiger partial charge in [-0.1, -0.05) is 42.5 Å². The van der Waals surface area contributed by atoms with Crippen LogP contribution in [0.15, 0.2) is 54.6 Å². The zero-order valence-electron chi connectivity index (χ0n) is 16.3. The van der Waals surface area contributed by atoms with Crippen molar-refractivity contribution in [1.29, 1.82) is 0 Å². The average molecular weight is 413 g/mol. The third-order valence-electron chi connectivity index (χ3n) is 4.95. The number of benzene rings is 2. The van der Waals surface area contributed by atoms with E-state index in [-0.39, 0.29) is 24.4 Å². The normalized spacial score (nSPS) is 13.7. The molecule has 3 aromatic rings. The van der Waals surface area contributed by atoms with Gasteiger partial charge in [-0.15, -0.1) is 12.4 Å². The molecule has 0 radical (unpaired) electrons. The third-order valence-corrected chi connectivity index (χ3v) is 4.95. The van der Waals surface area contributed by atoms with Crippen LogP contribution in [0.4, 0.5) is 0 Å². The highest BCUT2D eigenvalue weighted by Gasteiger charge is 2.24. The van der Waals surface area contributed by atoms with Crippen molar-refractivity contribution in [2.24, 2.45) is 0 Å². The highest BCUT2D eigenvalue weighted by atomic mass is 35.5. The molecular weight excluding hydrogens is 388 g/mol. The summed E-state index contributed by atoms with van der Waals surface area (Å²) < 4.78 is 5.54. The molecule has 6 nitrogen and oxygen atoms in total. The molecular formula is C22H25ClN4O2. The second-order valence-corrected chi connectivity index (χ2v) is 6.78. The van der Waals surface area contributed by atoms with Crippen LogP contribution in [0.2, 0.25) is 0 Å². The quantitative estimate of drug-likeness (QED) is 0.579. The molecule has 1 aliphatic rings. The van der Waals surface area contributed by atoms with E-state index in [1.54, 1.807) is 0 Å². The lowest BCUT2D eigenvalue weighted by atomic mass is 9.98. The first-order valence-electron chi connectivity index (χ1n) is 9.61. The highest BCUT2D eigenvalue weighted by Crippen LogP contribution is 2.25. The second kappa shape index (κ2) is 9.58. The molecule has 1 amide bonds. The van der Waals surface area contributed by atoms with Gasteiger partial charge in [-0.3, -0.25) is 9.89 Å². The minimum atomic E-state index is -0.270. The smallest absolute Gasteiger partial charge is 0.272 e. The summed E-state index contributed by atoms with van der Waals surface area (Å²) in [6.45, 7) is 4.14. The van der Waals surface area contributed by atoms with E-state index in [1.165, 1.54) is 0 Å². The molecule has 7 heteroatoms. The van der Waals surface area contributed by atoms with Gasteiger partial charge in [-0.2, -0.15) is 5.10 Å². The lowest BCUT2D eigenvalue weighted by Crippen LogP contribution is -2.31. The first kappa shape index (κ1) is 20.9. The van der Waals surface area contributed by atoms with Crippen molar-refractivity contribution in [2.45, 2.75) is 25.9 Å². The van der Waals surface area contributed by atoms with Gasteiger partial charge >= 0.3 is 0 Å². The van der Waals surface area contributed by atoms with E-state index in [4.69, 9.17) is 4.74 Å². The lowest BCUT2D eigenvalue weighted by Gasteiger charge is -2.20. The minimum Gasteiger partial charge on any atom is -0.494 e. The van der Waals surface area contributed by atoms with Crippen LogP contribution in [0.3, 0.4) is 0 Å². The molecule has 2 aromatic carbocycles. The number of amides is 1. The van der Waals surface area contributed by atoms with Gasteiger partial charge in [-0.05, 0) is 30.2 Å². The standard InChI is InChI=1S/C22H24N4O2.ClH/c1-2-28-17-10-8-16(9-11-17)20(15-6-4-3-5-7-15)24-22(27)21-18-14-23-13-12-19(18)25-26-21;/h3-11,20,23H,2,12-14H2,1H3,(H,24,27)(H,25,26);1H. The number of aromatic amines is 1. The van der Waals surface area contributed by atoms with E-state index in [2.05, 4.69) is 20.8 Å². The number of rotatable bonds is 6. The van der Waals surface area contributed by atoms with Crippen LogP contribution in [0.1, 0.15) is 45.8 Å². The predicted octanol–water partition coefficient (Wildman–Crippen LogP) is 3.40. The maximum absolute atomic E-state index is 13.1. The van der Waals surface area contributed by atoms with E-state index in [0.717, 1.165) is 41.1 Å². The van der Waals surface area contributed by atoms with Crippen LogP contribution >= 0.6 is 12.4 Å². The fourth-order valence-corrected chi connectivity index (χ4v) is 3.54. The Hall–Kier alpha value is -2.83. The molecule has 2 heterocycles. The Bertz CT molecular complexity index is 941. The van der Waals surface area contributed by atoms with Gasteiger partial charge < -0.3 is 15.4 Å². The first-order chi connectivity index (χ1) is 13.8. The predicted molar refractivity (Wildman–Crippen MR) is 115 cm³/mol. The van der Waals surface area contributed by atoms with Crippen LogP contribution < -0.4 is 15.4 Å². The molecule has 29 heavy (non-hydrogen) atoms. The third kappa shape index (κ3) is 4.60. The van der Waals surface area contributed by atoms with E-state index in [9.17, 15) is 4.79 Å². The van der Waals surface area contributed by atoms with Crippen LogP contribution in [-0.4, -0.2) is 29.3 Å². The molecule has 0 spiro atoms. The summed E-state index contributed by atoms with van der Waals surface area (Å²) >= 11 is 0. The molecule has 3 N–H and O–H groups in total. The van der Waals surface area contributed by atoms with Crippen LogP contribution in [0.25, 0.3) is 0 Å². The summed E-state index contributed by atoms with van der Waals surface area (Å²) in [5, 5.41) is 13.8. The Morgan fingerprint density at radius 3 is 2.59 bits per heavy atom. The number of ether oxygens (including phenoxy) is 1. The molecule has 1 aromatic heterocycles. The van der Waals surface area contributed by atoms with Crippen molar-refractivity contribution in [2.75, 3.05) is 13.2 Å². The van der Waals surface area contributed by atoms with Gasteiger partial charge in [0.2, 0.25) is 0 Å². The number of nitrogens with one attached hydrogen (secondary N) is 3. The Kier molecular flexibility index (Phi) is 6.90. The largest absolute Gasteiger partial charge is 0.494 e. The first-order valence-corrected chi connectivity index (χ1v) is 9.61. The van der Waals surface area contributed by atoms with Crippen molar-refractivity contribution in [3.05, 3.63) is 82.7 Å². The van der Waals surface area contributed by atoms with E-state index in [0.29, 0.717) is 18.8 Å². The number of carbonyl (C=O) groups excluding carboxylic acids is 1. The van der Waals surface area contributed by atoms with Crippen molar-refractivity contribution in [1.82, 2.24) is 20.8 Å². The summed E-state index contributed by atoms with van der Waals surface area (Å²) in [5.74, 6) is 0.640. The van der Waals surface area contributed by atoms with E-state index >= 15 is 0 Å². The molecule has 0 saturated carbocycles. The number of fused-ring (bicyclic) bond motifs is 1. The summed E-state index contributed by atoms with van der Waals surface area (Å²) in [7, 11) is 0. The molecule has 0 saturated heterocycles. The van der Waals surface area contributed by atoms with Crippen LogP contribution in [0, 0.1) is 0 Å². The summed E-state index contributed by atoms with van der Waals surface area (Å²) in [5.41, 5.74) is 4.48. The number of nitrogens with zero attached hydrogens (tertiary/aromatic N) is 1. The number of hydrogen-bond acceptors (Lipinski definition) is 4. The number of aromatic nitrogens is 2. The molecule has 0 fully saturated rings. The van der Waals surface area contributed by atoms with Gasteiger partial charge in [0.05, 0.1) is 12.6 Å². The topological polar surface area (TPSA) is 79.0 Å². The zero-order valence-corrected chi connectivity index (χ0v) is 17.1. The fraction of sp³-hybridized carbons (Fsp3) is 0.273. The van der Waals surface area contributed by atoms with Crippen molar-refractivity contribution >= 4 is 18.3 Å². The van der Waals surface area contributed by atoms with Crippen LogP contribution in [0.5, 0.6) is 5.75 Å². The van der Waals surface area contributed by atoms with Crippen LogP contribution in [-0.2, 0) is 13.0 Å². The molecule has 0 bridgehead atoms. The highest BCUT2D eigenvalue weighted by molar-refractivity contribution is 5.94. The molecule has 0 aliphatic carbocycles. The summed E-state index contributed by atoms with van der Waals surface area (Å²) in [6.07, 6.45) is 0.858. The van der Waals surface area contributed by atoms with Crippen molar-refractivity contribution in [3.63, 3.8) is 0 Å². The molecule has 1 atom stereocenters. The van der Waals surface area contributed by atoms with Gasteiger partial charge in [0.1, 0.15) is 5.75 Å². The molecule has 4 rings (SSSR count). The number of hydrogen-bond donors (Lipinski definition) is 3. The molecule has 1 unspecified atom stereocenters. The minimum absolute atomic E-state index is 0. The second-order valence-electron chi connectivity index (χ2n) is 6.78. The number of carbonyl (C=O) groups is 1. The Labute approximate surface area is 176 Å². The van der Waals surface area contributed by atoms with Gasteiger partial charge in [-0.25, -0.2) is 0 Å². The summed E-state index contributed by atoms with van der Waals surface area (Å²) in [4.78, 5) is 13.1. The lowest BCUT2D eigenvalue weighted by molar-refractivity contribution is 0.0936. The Morgan fingerprint density at radius 2 is 1.86 bits per heavy atom. The average Bonchev–Trinajstić information content (AvgIpc) is 3.18. The summed E-state index contributed by atoms with van der Waals surface area (Å²) in [6, 6.07) is 17.5. The zero-order chi connectivity index (χ0) is 19.3. The monoisotopic (exact) mass is 412 g/mol.